The minimum absolute atomic E-state index is 0.0733. The Morgan fingerprint density at radius 2 is 2.13 bits per heavy atom. The van der Waals surface area contributed by atoms with Crippen LogP contribution >= 0.6 is 0 Å². The maximum absolute atomic E-state index is 12.2. The molecule has 8 heteroatoms. The Hall–Kier alpha value is -2.64. The Kier molecular flexibility index (Phi) is 5.15. The second-order valence-corrected chi connectivity index (χ2v) is 5.35. The van der Waals surface area contributed by atoms with E-state index in [0.717, 1.165) is 17.7 Å². The molecule has 2 heterocycles. The average molecular weight is 319 g/mol. The number of rotatable bonds is 7. The molecule has 124 valence electrons. The highest BCUT2D eigenvalue weighted by atomic mass is 16.5. The molecule has 3 N–H and O–H groups in total. The van der Waals surface area contributed by atoms with Crippen molar-refractivity contribution in [2.75, 3.05) is 5.32 Å². The summed E-state index contributed by atoms with van der Waals surface area (Å²) in [6.07, 6.45) is 3.11. The molecule has 0 aliphatic carbocycles. The van der Waals surface area contributed by atoms with Gasteiger partial charge in [0, 0.05) is 18.5 Å². The highest BCUT2D eigenvalue weighted by Crippen LogP contribution is 2.17. The van der Waals surface area contributed by atoms with Gasteiger partial charge in [-0.25, -0.2) is 4.98 Å². The number of carbonyl (C=O) groups excluding carboxylic acids is 2. The smallest absolute Gasteiger partial charge is 0.271 e. The normalized spacial score (nSPS) is 10.7. The van der Waals surface area contributed by atoms with E-state index >= 15 is 0 Å². The number of nitrogens with two attached hydrogens (primary N) is 1. The van der Waals surface area contributed by atoms with Crippen LogP contribution in [0.4, 0.5) is 5.82 Å². The summed E-state index contributed by atoms with van der Waals surface area (Å²) in [4.78, 5) is 27.6. The zero-order valence-corrected chi connectivity index (χ0v) is 13.5. The topological polar surface area (TPSA) is 116 Å². The summed E-state index contributed by atoms with van der Waals surface area (Å²) in [5, 5.41) is 6.60. The summed E-state index contributed by atoms with van der Waals surface area (Å²) in [6, 6.07) is 0. The lowest BCUT2D eigenvalue weighted by Crippen LogP contribution is -2.20. The second-order valence-electron chi connectivity index (χ2n) is 5.35. The van der Waals surface area contributed by atoms with Crippen molar-refractivity contribution in [2.24, 2.45) is 5.73 Å². The molecule has 2 aromatic heterocycles. The molecule has 0 bridgehead atoms. The lowest BCUT2D eigenvalue weighted by molar-refractivity contribution is -0.116. The fourth-order valence-corrected chi connectivity index (χ4v) is 2.40. The van der Waals surface area contributed by atoms with Crippen LogP contribution < -0.4 is 11.1 Å². The number of imidazole rings is 1. The first-order valence-corrected chi connectivity index (χ1v) is 7.50. The number of primary amides is 1. The van der Waals surface area contributed by atoms with Crippen molar-refractivity contribution in [3.63, 3.8) is 0 Å². The van der Waals surface area contributed by atoms with E-state index in [1.54, 1.807) is 4.57 Å². The van der Waals surface area contributed by atoms with Gasteiger partial charge in [-0.2, -0.15) is 0 Å². The van der Waals surface area contributed by atoms with Crippen molar-refractivity contribution in [1.29, 1.82) is 0 Å². The van der Waals surface area contributed by atoms with Crippen LogP contribution in [0.1, 0.15) is 47.3 Å². The van der Waals surface area contributed by atoms with Crippen LogP contribution in [0, 0.1) is 13.8 Å². The van der Waals surface area contributed by atoms with Crippen LogP contribution in [0.25, 0.3) is 0 Å². The number of hydrogen-bond acceptors (Lipinski definition) is 5. The Morgan fingerprint density at radius 3 is 2.70 bits per heavy atom. The number of aromatic nitrogens is 3. The summed E-state index contributed by atoms with van der Waals surface area (Å²) in [5.41, 5.74) is 7.09. The molecule has 0 atom stereocenters. The van der Waals surface area contributed by atoms with Gasteiger partial charge in [0.15, 0.2) is 5.69 Å². The summed E-state index contributed by atoms with van der Waals surface area (Å²) >= 11 is 0. The predicted molar refractivity (Wildman–Crippen MR) is 84.0 cm³/mol. The van der Waals surface area contributed by atoms with Gasteiger partial charge in [-0.3, -0.25) is 9.59 Å². The third-order valence-corrected chi connectivity index (χ3v) is 3.58. The van der Waals surface area contributed by atoms with E-state index in [2.05, 4.69) is 15.5 Å². The van der Waals surface area contributed by atoms with E-state index < -0.39 is 5.91 Å². The van der Waals surface area contributed by atoms with E-state index in [4.69, 9.17) is 10.3 Å². The SMILES string of the molecule is CCCn1cnc(C(N)=O)c1NC(=O)CCc1c(C)noc1C. The first kappa shape index (κ1) is 16.7. The zero-order valence-electron chi connectivity index (χ0n) is 13.5. The van der Waals surface area contributed by atoms with E-state index in [9.17, 15) is 9.59 Å². The van der Waals surface area contributed by atoms with Gasteiger partial charge in [-0.05, 0) is 26.7 Å². The molecule has 0 aliphatic heterocycles. The van der Waals surface area contributed by atoms with Gasteiger partial charge in [0.1, 0.15) is 11.6 Å². The highest BCUT2D eigenvalue weighted by molar-refractivity contribution is 6.00. The van der Waals surface area contributed by atoms with Crippen LogP contribution in [-0.4, -0.2) is 26.5 Å². The fourth-order valence-electron chi connectivity index (χ4n) is 2.40. The van der Waals surface area contributed by atoms with Crippen LogP contribution in [0.2, 0.25) is 0 Å². The van der Waals surface area contributed by atoms with E-state index in [-0.39, 0.29) is 18.0 Å². The number of hydrogen-bond donors (Lipinski definition) is 2. The summed E-state index contributed by atoms with van der Waals surface area (Å²) in [7, 11) is 0. The van der Waals surface area contributed by atoms with Gasteiger partial charge in [0.2, 0.25) is 5.91 Å². The fraction of sp³-hybridized carbons (Fsp3) is 0.467. The van der Waals surface area contributed by atoms with Crippen LogP contribution in [-0.2, 0) is 17.8 Å². The van der Waals surface area contributed by atoms with Crippen molar-refractivity contribution in [3.05, 3.63) is 29.0 Å². The average Bonchev–Trinajstić information content (AvgIpc) is 3.02. The molecule has 2 amide bonds. The second kappa shape index (κ2) is 7.08. The molecular formula is C15H21N5O3. The minimum atomic E-state index is -0.666. The first-order chi connectivity index (χ1) is 10.9. The molecular weight excluding hydrogens is 298 g/mol. The third kappa shape index (κ3) is 3.77. The summed E-state index contributed by atoms with van der Waals surface area (Å²) in [5.74, 6) is 0.179. The quantitative estimate of drug-likeness (QED) is 0.803. The molecule has 0 saturated carbocycles. The van der Waals surface area contributed by atoms with Gasteiger partial charge in [0.25, 0.3) is 5.91 Å². The summed E-state index contributed by atoms with van der Waals surface area (Å²) in [6.45, 7) is 6.28. The third-order valence-electron chi connectivity index (χ3n) is 3.58. The Morgan fingerprint density at radius 1 is 1.39 bits per heavy atom. The van der Waals surface area contributed by atoms with Gasteiger partial charge in [-0.1, -0.05) is 12.1 Å². The number of anilines is 1. The van der Waals surface area contributed by atoms with E-state index in [1.165, 1.54) is 6.33 Å². The van der Waals surface area contributed by atoms with Crippen molar-refractivity contribution < 1.29 is 14.1 Å². The maximum Gasteiger partial charge on any atom is 0.271 e. The molecule has 2 rings (SSSR count). The highest BCUT2D eigenvalue weighted by Gasteiger charge is 2.18. The monoisotopic (exact) mass is 319 g/mol. The number of nitrogens with one attached hydrogen (secondary N) is 1. The molecule has 0 spiro atoms. The number of amides is 2. The molecule has 0 aliphatic rings. The number of aryl methyl sites for hydroxylation is 3. The van der Waals surface area contributed by atoms with Crippen LogP contribution in [0.3, 0.4) is 0 Å². The summed E-state index contributed by atoms with van der Waals surface area (Å²) < 4.78 is 6.79. The van der Waals surface area contributed by atoms with Gasteiger partial charge < -0.3 is 20.1 Å². The molecule has 0 unspecified atom stereocenters. The van der Waals surface area contributed by atoms with Crippen molar-refractivity contribution in [2.45, 2.75) is 46.6 Å². The molecule has 0 radical (unpaired) electrons. The lowest BCUT2D eigenvalue weighted by atomic mass is 10.1. The zero-order chi connectivity index (χ0) is 17.0. The molecule has 0 aromatic carbocycles. The molecule has 23 heavy (non-hydrogen) atoms. The van der Waals surface area contributed by atoms with Gasteiger partial charge in [-0.15, -0.1) is 0 Å². The Labute approximate surface area is 134 Å². The first-order valence-electron chi connectivity index (χ1n) is 7.50. The number of nitrogens with zero attached hydrogens (tertiary/aromatic N) is 3. The number of carbonyl (C=O) groups is 2. The van der Waals surface area contributed by atoms with Gasteiger partial charge in [0.05, 0.1) is 12.0 Å². The predicted octanol–water partition coefficient (Wildman–Crippen LogP) is 1.57. The standard InChI is InChI=1S/C15H21N5O3/c1-4-7-20-8-17-13(14(16)22)15(20)18-12(21)6-5-11-9(2)19-23-10(11)3/h8H,4-7H2,1-3H3,(H2,16,22)(H,18,21). The minimum Gasteiger partial charge on any atom is -0.364 e. The van der Waals surface area contributed by atoms with E-state index in [1.807, 2.05) is 20.8 Å². The maximum atomic E-state index is 12.2. The van der Waals surface area contributed by atoms with Crippen LogP contribution in [0.5, 0.6) is 0 Å². The Balaban J connectivity index is 2.08. The lowest BCUT2D eigenvalue weighted by Gasteiger charge is -2.10. The van der Waals surface area contributed by atoms with Gasteiger partial charge >= 0.3 is 0 Å². The van der Waals surface area contributed by atoms with Crippen molar-refractivity contribution in [3.8, 4) is 0 Å². The Bertz CT molecular complexity index is 697. The largest absolute Gasteiger partial charge is 0.364 e. The molecule has 2 aromatic rings. The molecule has 0 saturated heterocycles. The van der Waals surface area contributed by atoms with Crippen molar-refractivity contribution in [1.82, 2.24) is 14.7 Å². The van der Waals surface area contributed by atoms with Crippen LogP contribution in [0.15, 0.2) is 10.9 Å². The molecule has 0 fully saturated rings. The van der Waals surface area contributed by atoms with E-state index in [0.29, 0.717) is 24.5 Å². The molecule has 8 nitrogen and oxygen atoms in total. The van der Waals surface area contributed by atoms with Crippen molar-refractivity contribution >= 4 is 17.6 Å².